The molecule has 0 atom stereocenters. The molecular formula is C17H26N2O2S. The van der Waals surface area contributed by atoms with Crippen LogP contribution in [0, 0.1) is 0 Å². The summed E-state index contributed by atoms with van der Waals surface area (Å²) in [6.07, 6.45) is 4.94. The van der Waals surface area contributed by atoms with Crippen LogP contribution in [-0.4, -0.2) is 47.8 Å². The van der Waals surface area contributed by atoms with Gasteiger partial charge in [-0.15, -0.1) is 11.3 Å². The number of unbranched alkanes of at least 4 members (excludes halogenated alkanes) is 1. The highest BCUT2D eigenvalue weighted by Crippen LogP contribution is 2.13. The minimum Gasteiger partial charge on any atom is -0.341 e. The zero-order valence-electron chi connectivity index (χ0n) is 13.4. The van der Waals surface area contributed by atoms with Gasteiger partial charge in [0, 0.05) is 43.9 Å². The second-order valence-electron chi connectivity index (χ2n) is 5.80. The van der Waals surface area contributed by atoms with Crippen molar-refractivity contribution in [1.82, 2.24) is 9.80 Å². The Bertz CT molecular complexity index is 473. The van der Waals surface area contributed by atoms with Crippen molar-refractivity contribution in [2.45, 2.75) is 45.4 Å². The summed E-state index contributed by atoms with van der Waals surface area (Å²) >= 11 is 1.70. The Morgan fingerprint density at radius 3 is 2.36 bits per heavy atom. The zero-order valence-corrected chi connectivity index (χ0v) is 14.2. The van der Waals surface area contributed by atoms with E-state index in [-0.39, 0.29) is 11.8 Å². The van der Waals surface area contributed by atoms with Crippen LogP contribution in [0.15, 0.2) is 17.5 Å². The number of hydrogen-bond acceptors (Lipinski definition) is 3. The van der Waals surface area contributed by atoms with Crippen molar-refractivity contribution >= 4 is 23.2 Å². The van der Waals surface area contributed by atoms with Crippen molar-refractivity contribution < 1.29 is 9.59 Å². The van der Waals surface area contributed by atoms with Gasteiger partial charge in [-0.25, -0.2) is 0 Å². The summed E-state index contributed by atoms with van der Waals surface area (Å²) in [5.74, 6) is 0.464. The first-order chi connectivity index (χ1) is 10.7. The highest BCUT2D eigenvalue weighted by molar-refractivity contribution is 7.09. The van der Waals surface area contributed by atoms with Crippen molar-refractivity contribution in [1.29, 1.82) is 0 Å². The molecule has 0 N–H and O–H groups in total. The fourth-order valence-corrected chi connectivity index (χ4v) is 3.45. The van der Waals surface area contributed by atoms with Crippen LogP contribution in [0.4, 0.5) is 0 Å². The number of thiophene rings is 1. The highest BCUT2D eigenvalue weighted by atomic mass is 32.1. The van der Waals surface area contributed by atoms with E-state index in [9.17, 15) is 9.59 Å². The van der Waals surface area contributed by atoms with E-state index in [1.54, 1.807) is 11.3 Å². The van der Waals surface area contributed by atoms with E-state index in [2.05, 4.69) is 13.0 Å². The van der Waals surface area contributed by atoms with Gasteiger partial charge in [0.1, 0.15) is 0 Å². The van der Waals surface area contributed by atoms with Crippen molar-refractivity contribution in [3.63, 3.8) is 0 Å². The van der Waals surface area contributed by atoms with Gasteiger partial charge in [-0.3, -0.25) is 9.59 Å². The number of carbonyl (C=O) groups excluding carboxylic acids is 2. The molecular weight excluding hydrogens is 296 g/mol. The second-order valence-corrected chi connectivity index (χ2v) is 6.83. The van der Waals surface area contributed by atoms with E-state index in [0.717, 1.165) is 38.8 Å². The molecule has 1 aromatic rings. The van der Waals surface area contributed by atoms with Crippen molar-refractivity contribution in [2.75, 3.05) is 26.2 Å². The molecule has 0 aliphatic carbocycles. The molecule has 22 heavy (non-hydrogen) atoms. The maximum absolute atomic E-state index is 12.3. The minimum atomic E-state index is 0.219. The molecule has 0 bridgehead atoms. The molecule has 2 amide bonds. The monoisotopic (exact) mass is 322 g/mol. The predicted molar refractivity (Wildman–Crippen MR) is 89.9 cm³/mol. The predicted octanol–water partition coefficient (Wildman–Crippen LogP) is 2.93. The van der Waals surface area contributed by atoms with E-state index in [1.807, 2.05) is 21.2 Å². The summed E-state index contributed by atoms with van der Waals surface area (Å²) in [5, 5.41) is 2.05. The first-order valence-corrected chi connectivity index (χ1v) is 9.16. The molecule has 0 unspecified atom stereocenters. The van der Waals surface area contributed by atoms with Gasteiger partial charge in [-0.05, 0) is 30.7 Å². The quantitative estimate of drug-likeness (QED) is 0.808. The number of carbonyl (C=O) groups is 2. The Balaban J connectivity index is 1.76. The van der Waals surface area contributed by atoms with Crippen LogP contribution < -0.4 is 0 Å². The van der Waals surface area contributed by atoms with Crippen LogP contribution in [0.1, 0.15) is 43.9 Å². The Kier molecular flexibility index (Phi) is 6.90. The second kappa shape index (κ2) is 8.93. The van der Waals surface area contributed by atoms with Crippen LogP contribution in [0.3, 0.4) is 0 Å². The molecule has 1 aromatic heterocycles. The molecule has 2 rings (SSSR count). The summed E-state index contributed by atoms with van der Waals surface area (Å²) in [4.78, 5) is 29.5. The van der Waals surface area contributed by atoms with Gasteiger partial charge >= 0.3 is 0 Å². The van der Waals surface area contributed by atoms with Crippen LogP contribution in [0.25, 0.3) is 0 Å². The number of hydrogen-bond donors (Lipinski definition) is 0. The lowest BCUT2D eigenvalue weighted by Gasteiger charge is -2.22. The molecule has 4 nitrogen and oxygen atoms in total. The van der Waals surface area contributed by atoms with Crippen LogP contribution in [-0.2, 0) is 16.0 Å². The molecule has 1 saturated heterocycles. The van der Waals surface area contributed by atoms with E-state index >= 15 is 0 Å². The largest absolute Gasteiger partial charge is 0.341 e. The molecule has 1 fully saturated rings. The normalized spacial score (nSPS) is 15.7. The van der Waals surface area contributed by atoms with Crippen LogP contribution >= 0.6 is 11.3 Å². The Labute approximate surface area is 137 Å². The third kappa shape index (κ3) is 5.13. The van der Waals surface area contributed by atoms with Gasteiger partial charge in [0.15, 0.2) is 0 Å². The summed E-state index contributed by atoms with van der Waals surface area (Å²) < 4.78 is 0. The maximum atomic E-state index is 12.3. The van der Waals surface area contributed by atoms with E-state index in [0.29, 0.717) is 25.9 Å². The Hall–Kier alpha value is -1.36. The molecule has 0 aromatic carbocycles. The summed E-state index contributed by atoms with van der Waals surface area (Å²) in [6.45, 7) is 5.04. The summed E-state index contributed by atoms with van der Waals surface area (Å²) in [6, 6.07) is 4.10. The third-order valence-electron chi connectivity index (χ3n) is 4.11. The first-order valence-electron chi connectivity index (χ1n) is 8.28. The molecule has 1 aliphatic rings. The topological polar surface area (TPSA) is 40.6 Å². The van der Waals surface area contributed by atoms with Gasteiger partial charge in [0.2, 0.25) is 11.8 Å². The number of rotatable bonds is 6. The molecule has 0 saturated carbocycles. The van der Waals surface area contributed by atoms with Gasteiger partial charge in [0.25, 0.3) is 0 Å². The molecule has 1 aliphatic heterocycles. The number of nitrogens with zero attached hydrogens (tertiary/aromatic N) is 2. The average molecular weight is 322 g/mol. The van der Waals surface area contributed by atoms with E-state index < -0.39 is 0 Å². The van der Waals surface area contributed by atoms with E-state index in [1.165, 1.54) is 4.88 Å². The lowest BCUT2D eigenvalue weighted by atomic mass is 10.2. The highest BCUT2D eigenvalue weighted by Gasteiger charge is 2.21. The summed E-state index contributed by atoms with van der Waals surface area (Å²) in [5.41, 5.74) is 0. The van der Waals surface area contributed by atoms with Crippen molar-refractivity contribution in [2.24, 2.45) is 0 Å². The zero-order chi connectivity index (χ0) is 15.8. The Morgan fingerprint density at radius 2 is 1.77 bits per heavy atom. The Morgan fingerprint density at radius 1 is 1.09 bits per heavy atom. The molecule has 0 radical (unpaired) electrons. The van der Waals surface area contributed by atoms with Crippen LogP contribution in [0.2, 0.25) is 0 Å². The fraction of sp³-hybridized carbons (Fsp3) is 0.647. The SMILES string of the molecule is CCCCC(=O)N1CCCN(C(=O)CCc2cccs2)CC1. The standard InChI is InChI=1S/C17H26N2O2S/c1-2-3-7-16(20)18-10-5-11-19(13-12-18)17(21)9-8-15-6-4-14-22-15/h4,6,14H,2-3,5,7-13H2,1H3. The number of aryl methyl sites for hydroxylation is 1. The van der Waals surface area contributed by atoms with Gasteiger partial charge < -0.3 is 9.80 Å². The maximum Gasteiger partial charge on any atom is 0.222 e. The smallest absolute Gasteiger partial charge is 0.222 e. The van der Waals surface area contributed by atoms with Gasteiger partial charge in [0.05, 0.1) is 0 Å². The van der Waals surface area contributed by atoms with E-state index in [4.69, 9.17) is 0 Å². The first kappa shape index (κ1) is 17.0. The van der Waals surface area contributed by atoms with Gasteiger partial charge in [-0.2, -0.15) is 0 Å². The third-order valence-corrected chi connectivity index (χ3v) is 5.05. The van der Waals surface area contributed by atoms with Crippen molar-refractivity contribution in [3.05, 3.63) is 22.4 Å². The van der Waals surface area contributed by atoms with Crippen LogP contribution in [0.5, 0.6) is 0 Å². The van der Waals surface area contributed by atoms with Gasteiger partial charge in [-0.1, -0.05) is 19.4 Å². The molecule has 122 valence electrons. The minimum absolute atomic E-state index is 0.219. The summed E-state index contributed by atoms with van der Waals surface area (Å²) in [7, 11) is 0. The molecule has 5 heteroatoms. The average Bonchev–Trinajstić information content (AvgIpc) is 2.92. The fourth-order valence-electron chi connectivity index (χ4n) is 2.75. The molecule has 2 heterocycles. The lowest BCUT2D eigenvalue weighted by molar-refractivity contribution is -0.133. The van der Waals surface area contributed by atoms with Crippen molar-refractivity contribution in [3.8, 4) is 0 Å². The lowest BCUT2D eigenvalue weighted by Crippen LogP contribution is -2.37. The number of amides is 2. The molecule has 0 spiro atoms.